The van der Waals surface area contributed by atoms with Crippen molar-refractivity contribution < 1.29 is 0 Å². The fourth-order valence-electron chi connectivity index (χ4n) is 4.24. The third kappa shape index (κ3) is 4.93. The van der Waals surface area contributed by atoms with Gasteiger partial charge in [0.15, 0.2) is 0 Å². The Kier molecular flexibility index (Phi) is 6.30. The molecule has 0 saturated carbocycles. The number of halogens is 1. The van der Waals surface area contributed by atoms with Crippen LogP contribution in [0.25, 0.3) is 0 Å². The Morgan fingerprint density at radius 1 is 1.00 bits per heavy atom. The Morgan fingerprint density at radius 2 is 1.67 bits per heavy atom. The van der Waals surface area contributed by atoms with E-state index in [1.165, 1.54) is 16.7 Å². The summed E-state index contributed by atoms with van der Waals surface area (Å²) in [4.78, 5) is 5.28. The van der Waals surface area contributed by atoms with E-state index in [1.54, 1.807) is 0 Å². The Balaban J connectivity index is 1.88. The third-order valence-electron chi connectivity index (χ3n) is 5.62. The molecule has 0 spiro atoms. The van der Waals surface area contributed by atoms with Crippen molar-refractivity contribution in [2.45, 2.75) is 58.7 Å². The third-order valence-corrected chi connectivity index (χ3v) is 5.87. The van der Waals surface area contributed by atoms with E-state index in [-0.39, 0.29) is 5.54 Å². The van der Waals surface area contributed by atoms with Crippen LogP contribution in [0.1, 0.15) is 63.3 Å². The molecule has 2 aromatic carbocycles. The van der Waals surface area contributed by atoms with Crippen LogP contribution in [0.15, 0.2) is 48.5 Å². The lowest BCUT2D eigenvalue weighted by atomic mass is 9.88. The maximum atomic E-state index is 6.05. The Bertz CT molecular complexity index is 746. The van der Waals surface area contributed by atoms with Gasteiger partial charge >= 0.3 is 0 Å². The van der Waals surface area contributed by atoms with Crippen LogP contribution in [-0.4, -0.2) is 35.0 Å². The largest absolute Gasteiger partial charge is 0.296 e. The van der Waals surface area contributed by atoms with Crippen molar-refractivity contribution in [2.75, 3.05) is 19.6 Å². The predicted octanol–water partition coefficient (Wildman–Crippen LogP) is 6.12. The number of nitrogens with zero attached hydrogens (tertiary/aromatic N) is 2. The molecular formula is C24H33ClN2. The van der Waals surface area contributed by atoms with Gasteiger partial charge in [-0.25, -0.2) is 0 Å². The zero-order valence-electron chi connectivity index (χ0n) is 17.4. The van der Waals surface area contributed by atoms with Gasteiger partial charge in [0.2, 0.25) is 0 Å². The normalized spacial score (nSPS) is 19.6. The summed E-state index contributed by atoms with van der Waals surface area (Å²) < 4.78 is 0. The molecule has 1 heterocycles. The van der Waals surface area contributed by atoms with Crippen LogP contribution in [0.3, 0.4) is 0 Å². The number of piperazine rings is 1. The summed E-state index contributed by atoms with van der Waals surface area (Å²) in [7, 11) is 0. The van der Waals surface area contributed by atoms with Crippen LogP contribution in [0.5, 0.6) is 0 Å². The summed E-state index contributed by atoms with van der Waals surface area (Å²) in [6, 6.07) is 17.7. The Labute approximate surface area is 170 Å². The molecule has 3 heteroatoms. The molecule has 0 radical (unpaired) electrons. The van der Waals surface area contributed by atoms with E-state index in [1.807, 2.05) is 12.1 Å². The maximum Gasteiger partial charge on any atom is 0.0483 e. The SMILES string of the molecule is CC(C)c1ccccc1C1CN(Cc2ccc(Cl)cc2)CCN1C(C)(C)C. The molecule has 1 atom stereocenters. The molecule has 1 unspecified atom stereocenters. The molecule has 2 aromatic rings. The van der Waals surface area contributed by atoms with Gasteiger partial charge in [0.1, 0.15) is 0 Å². The Morgan fingerprint density at radius 3 is 2.30 bits per heavy atom. The zero-order valence-corrected chi connectivity index (χ0v) is 18.1. The van der Waals surface area contributed by atoms with Crippen molar-refractivity contribution in [3.63, 3.8) is 0 Å². The van der Waals surface area contributed by atoms with Crippen molar-refractivity contribution in [3.8, 4) is 0 Å². The monoisotopic (exact) mass is 384 g/mol. The van der Waals surface area contributed by atoms with Crippen molar-refractivity contribution >= 4 is 11.6 Å². The average Bonchev–Trinajstić information content (AvgIpc) is 2.62. The van der Waals surface area contributed by atoms with Crippen LogP contribution in [0.4, 0.5) is 0 Å². The quantitative estimate of drug-likeness (QED) is 0.626. The minimum Gasteiger partial charge on any atom is -0.296 e. The summed E-state index contributed by atoms with van der Waals surface area (Å²) in [5.74, 6) is 0.537. The average molecular weight is 385 g/mol. The van der Waals surface area contributed by atoms with Crippen molar-refractivity contribution in [2.24, 2.45) is 0 Å². The number of hydrogen-bond acceptors (Lipinski definition) is 2. The van der Waals surface area contributed by atoms with Crippen LogP contribution in [0, 0.1) is 0 Å². The Hall–Kier alpha value is -1.35. The molecule has 0 N–H and O–H groups in total. The summed E-state index contributed by atoms with van der Waals surface area (Å²) >= 11 is 6.05. The van der Waals surface area contributed by atoms with Gasteiger partial charge in [0.25, 0.3) is 0 Å². The predicted molar refractivity (Wildman–Crippen MR) is 116 cm³/mol. The second-order valence-electron chi connectivity index (χ2n) is 9.03. The van der Waals surface area contributed by atoms with Gasteiger partial charge < -0.3 is 0 Å². The second-order valence-corrected chi connectivity index (χ2v) is 9.46. The van der Waals surface area contributed by atoms with E-state index in [0.29, 0.717) is 12.0 Å². The highest BCUT2D eigenvalue weighted by atomic mass is 35.5. The lowest BCUT2D eigenvalue weighted by Crippen LogP contribution is -2.55. The molecule has 27 heavy (non-hydrogen) atoms. The van der Waals surface area contributed by atoms with Crippen molar-refractivity contribution in [3.05, 3.63) is 70.2 Å². The van der Waals surface area contributed by atoms with Crippen LogP contribution in [0.2, 0.25) is 5.02 Å². The molecule has 3 rings (SSSR count). The van der Waals surface area contributed by atoms with Gasteiger partial charge in [0, 0.05) is 42.8 Å². The van der Waals surface area contributed by atoms with E-state index in [0.717, 1.165) is 31.2 Å². The number of hydrogen-bond donors (Lipinski definition) is 0. The molecule has 2 nitrogen and oxygen atoms in total. The molecule has 0 aliphatic carbocycles. The summed E-state index contributed by atoms with van der Waals surface area (Å²) in [6.07, 6.45) is 0. The van der Waals surface area contributed by atoms with E-state index in [2.05, 4.69) is 80.8 Å². The fraction of sp³-hybridized carbons (Fsp3) is 0.500. The minimum atomic E-state index is 0.154. The van der Waals surface area contributed by atoms with Crippen molar-refractivity contribution in [1.82, 2.24) is 9.80 Å². The molecular weight excluding hydrogens is 352 g/mol. The summed E-state index contributed by atoms with van der Waals surface area (Å²) in [5.41, 5.74) is 4.45. The van der Waals surface area contributed by atoms with Gasteiger partial charge in [0.05, 0.1) is 0 Å². The highest BCUT2D eigenvalue weighted by molar-refractivity contribution is 6.30. The van der Waals surface area contributed by atoms with E-state index < -0.39 is 0 Å². The first-order chi connectivity index (χ1) is 12.8. The van der Waals surface area contributed by atoms with Crippen LogP contribution in [-0.2, 0) is 6.54 Å². The molecule has 1 aliphatic heterocycles. The summed E-state index contributed by atoms with van der Waals surface area (Å²) in [6.45, 7) is 15.9. The highest BCUT2D eigenvalue weighted by Gasteiger charge is 2.35. The fourth-order valence-corrected chi connectivity index (χ4v) is 4.37. The molecule has 0 amide bonds. The van der Waals surface area contributed by atoms with E-state index in [9.17, 15) is 0 Å². The van der Waals surface area contributed by atoms with E-state index in [4.69, 9.17) is 11.6 Å². The maximum absolute atomic E-state index is 6.05. The first-order valence-corrected chi connectivity index (χ1v) is 10.5. The number of benzene rings is 2. The van der Waals surface area contributed by atoms with Gasteiger partial charge in [-0.05, 0) is 55.5 Å². The van der Waals surface area contributed by atoms with Gasteiger partial charge in [-0.15, -0.1) is 0 Å². The van der Waals surface area contributed by atoms with Crippen LogP contribution < -0.4 is 0 Å². The first kappa shape index (κ1) is 20.4. The van der Waals surface area contributed by atoms with Gasteiger partial charge in [-0.3, -0.25) is 9.80 Å². The number of rotatable bonds is 4. The molecule has 1 saturated heterocycles. The zero-order chi connectivity index (χ0) is 19.6. The minimum absolute atomic E-state index is 0.154. The standard InChI is InChI=1S/C24H33ClN2/c1-18(2)21-8-6-7-9-22(21)23-17-26(14-15-27(23)24(3,4)5)16-19-10-12-20(25)13-11-19/h6-13,18,23H,14-17H2,1-5H3. The van der Waals surface area contributed by atoms with Gasteiger partial charge in [-0.2, -0.15) is 0 Å². The molecule has 0 aromatic heterocycles. The lowest BCUT2D eigenvalue weighted by Gasteiger charge is -2.49. The molecule has 0 bridgehead atoms. The topological polar surface area (TPSA) is 6.48 Å². The highest BCUT2D eigenvalue weighted by Crippen LogP contribution is 2.36. The smallest absolute Gasteiger partial charge is 0.0483 e. The first-order valence-electron chi connectivity index (χ1n) is 10.1. The molecule has 1 aliphatic rings. The second kappa shape index (κ2) is 8.34. The van der Waals surface area contributed by atoms with Crippen LogP contribution >= 0.6 is 11.6 Å². The lowest BCUT2D eigenvalue weighted by molar-refractivity contribution is 0.00555. The molecule has 146 valence electrons. The van der Waals surface area contributed by atoms with E-state index >= 15 is 0 Å². The molecule has 1 fully saturated rings. The van der Waals surface area contributed by atoms with Crippen molar-refractivity contribution in [1.29, 1.82) is 0 Å². The van der Waals surface area contributed by atoms with Gasteiger partial charge in [-0.1, -0.05) is 61.8 Å². The summed E-state index contributed by atoms with van der Waals surface area (Å²) in [5, 5.41) is 0.806.